The van der Waals surface area contributed by atoms with E-state index in [1.54, 1.807) is 19.9 Å². The van der Waals surface area contributed by atoms with E-state index in [-0.39, 0.29) is 23.0 Å². The molecule has 0 N–H and O–H groups in total. The molecule has 0 aliphatic rings. The number of Topliss-reactive ketones (excluding diaryl/α,β-unsaturated/α-hetero) is 2. The Labute approximate surface area is 284 Å². The third-order valence-electron chi connectivity index (χ3n) is 8.00. The van der Waals surface area contributed by atoms with Crippen LogP contribution in [0.4, 0.5) is 0 Å². The first-order chi connectivity index (χ1) is 19.7. The van der Waals surface area contributed by atoms with Crippen LogP contribution in [0.25, 0.3) is 0 Å². The van der Waals surface area contributed by atoms with Crippen LogP contribution in [-0.2, 0) is 28.6 Å². The molecular weight excluding hydrogens is 576 g/mol. The lowest BCUT2D eigenvalue weighted by Crippen LogP contribution is -2.51. The molecule has 0 aliphatic carbocycles. The maximum absolute atomic E-state index is 13.9. The van der Waals surface area contributed by atoms with Gasteiger partial charge in [0, 0.05) is 16.2 Å². The van der Waals surface area contributed by atoms with Gasteiger partial charge in [0.25, 0.3) is 0 Å². The van der Waals surface area contributed by atoms with E-state index in [0.717, 1.165) is 0 Å². The van der Waals surface area contributed by atoms with Crippen LogP contribution in [0.1, 0.15) is 172 Å². The van der Waals surface area contributed by atoms with Crippen molar-refractivity contribution in [2.24, 2.45) is 21.7 Å². The number of rotatable bonds is 17. The van der Waals surface area contributed by atoms with Crippen molar-refractivity contribution < 1.29 is 28.6 Å². The van der Waals surface area contributed by atoms with Crippen LogP contribution in [-0.4, -0.2) is 51.0 Å². The smallest absolute Gasteiger partial charge is 0.186 e. The van der Waals surface area contributed by atoms with Crippen molar-refractivity contribution >= 4 is 17.3 Å². The number of hydrogen-bond acceptors (Lipinski definition) is 6. The fourth-order valence-electron chi connectivity index (χ4n) is 8.19. The summed E-state index contributed by atoms with van der Waals surface area (Å²) in [6, 6.07) is 0. The van der Waals surface area contributed by atoms with Crippen LogP contribution >= 0.6 is 0 Å². The van der Waals surface area contributed by atoms with Crippen molar-refractivity contribution in [2.75, 3.05) is 0 Å². The zero-order chi connectivity index (χ0) is 37.4. The highest BCUT2D eigenvalue weighted by atomic mass is 16.5. The van der Waals surface area contributed by atoms with E-state index < -0.39 is 49.7 Å². The van der Waals surface area contributed by atoms with Crippen molar-refractivity contribution in [2.45, 2.75) is 205 Å². The van der Waals surface area contributed by atoms with Gasteiger partial charge in [-0.25, -0.2) is 0 Å². The number of ketones is 3. The summed E-state index contributed by atoms with van der Waals surface area (Å²) in [5.74, 6) is 0.0415. The Kier molecular flexibility index (Phi) is 13.4. The Hall–Kier alpha value is -1.37. The molecule has 6 heteroatoms. The van der Waals surface area contributed by atoms with Crippen molar-refractivity contribution in [3.05, 3.63) is 12.2 Å². The second-order valence-electron chi connectivity index (χ2n) is 20.6. The third-order valence-corrected chi connectivity index (χ3v) is 8.00. The Balaban J connectivity index is 5.73. The predicted molar refractivity (Wildman–Crippen MR) is 192 cm³/mol. The zero-order valence-corrected chi connectivity index (χ0v) is 34.2. The minimum Gasteiger partial charge on any atom is -0.370 e. The van der Waals surface area contributed by atoms with E-state index in [1.165, 1.54) is 0 Å². The minimum atomic E-state index is -1.09. The topological polar surface area (TPSA) is 78.9 Å². The molecule has 0 saturated carbocycles. The average Bonchev–Trinajstić information content (AvgIpc) is 2.69. The first kappa shape index (κ1) is 44.6. The molecule has 0 saturated heterocycles. The van der Waals surface area contributed by atoms with Crippen LogP contribution in [0.3, 0.4) is 0 Å². The van der Waals surface area contributed by atoms with E-state index >= 15 is 0 Å². The molecule has 0 radical (unpaired) electrons. The largest absolute Gasteiger partial charge is 0.370 e. The highest BCUT2D eigenvalue weighted by Gasteiger charge is 2.47. The van der Waals surface area contributed by atoms with Gasteiger partial charge in [-0.05, 0) is 121 Å². The van der Waals surface area contributed by atoms with Crippen LogP contribution in [0, 0.1) is 21.7 Å². The summed E-state index contributed by atoms with van der Waals surface area (Å²) in [4.78, 5) is 40.5. The van der Waals surface area contributed by atoms with Gasteiger partial charge in [-0.15, -0.1) is 0 Å². The van der Waals surface area contributed by atoms with E-state index in [1.807, 2.05) is 131 Å². The van der Waals surface area contributed by atoms with Gasteiger partial charge >= 0.3 is 0 Å². The molecule has 0 amide bonds. The molecule has 0 aromatic heterocycles. The molecular formula is C40H74O6. The molecule has 0 heterocycles. The number of allylic oxidation sites excluding steroid dienone is 1. The molecule has 0 fully saturated rings. The Morgan fingerprint density at radius 1 is 0.457 bits per heavy atom. The van der Waals surface area contributed by atoms with Gasteiger partial charge in [-0.2, -0.15) is 0 Å². The van der Waals surface area contributed by atoms with Gasteiger partial charge in [0.05, 0.1) is 22.4 Å². The van der Waals surface area contributed by atoms with Crippen molar-refractivity contribution in [3.63, 3.8) is 0 Å². The quantitative estimate of drug-likeness (QED) is 0.146. The maximum Gasteiger partial charge on any atom is 0.186 e. The van der Waals surface area contributed by atoms with Gasteiger partial charge in [0.1, 0.15) is 17.0 Å². The predicted octanol–water partition coefficient (Wildman–Crippen LogP) is 10.3. The van der Waals surface area contributed by atoms with Gasteiger partial charge in [0.15, 0.2) is 11.6 Å². The monoisotopic (exact) mass is 651 g/mol. The number of carbonyl (C=O) groups is 3. The van der Waals surface area contributed by atoms with Crippen LogP contribution in [0.2, 0.25) is 0 Å². The summed E-state index contributed by atoms with van der Waals surface area (Å²) in [6.45, 7) is 43.0. The zero-order valence-electron chi connectivity index (χ0n) is 34.2. The number of hydrogen-bond donors (Lipinski definition) is 0. The number of ether oxygens (including phenoxy) is 3. The summed E-state index contributed by atoms with van der Waals surface area (Å²) in [7, 11) is 0. The summed E-state index contributed by atoms with van der Waals surface area (Å²) in [5, 5.41) is 0. The Morgan fingerprint density at radius 2 is 0.804 bits per heavy atom. The second-order valence-corrected chi connectivity index (χ2v) is 20.6. The summed E-state index contributed by atoms with van der Waals surface area (Å²) >= 11 is 0. The molecule has 0 unspecified atom stereocenters. The lowest BCUT2D eigenvalue weighted by Gasteiger charge is -2.44. The average molecular weight is 651 g/mol. The first-order valence-electron chi connectivity index (χ1n) is 17.1. The van der Waals surface area contributed by atoms with E-state index in [9.17, 15) is 14.4 Å². The van der Waals surface area contributed by atoms with Crippen molar-refractivity contribution in [3.8, 4) is 0 Å². The SMILES string of the molecule is CC(C)(C=CC(=O)C(C)(C)OC(C)(C)CC(C)(C)C(=O)C(C)(C)C)CC(C)(C)OC(C)(C)C(=O)C(C)(C)CC(C)(C)OC(C)(C)C. The second kappa shape index (κ2) is 13.9. The molecule has 0 bridgehead atoms. The van der Waals surface area contributed by atoms with E-state index in [4.69, 9.17) is 14.2 Å². The van der Waals surface area contributed by atoms with Gasteiger partial charge < -0.3 is 14.2 Å². The minimum absolute atomic E-state index is 0.0241. The highest BCUT2D eigenvalue weighted by molar-refractivity contribution is 5.96. The third kappa shape index (κ3) is 14.8. The van der Waals surface area contributed by atoms with Crippen LogP contribution < -0.4 is 0 Å². The fraction of sp³-hybridized carbons (Fsp3) is 0.875. The molecule has 270 valence electrons. The molecule has 0 aliphatic heterocycles. The summed E-state index contributed by atoms with van der Waals surface area (Å²) in [6.07, 6.45) is 5.14. The molecule has 0 rings (SSSR count). The summed E-state index contributed by atoms with van der Waals surface area (Å²) in [5.41, 5.74) is -6.47. The van der Waals surface area contributed by atoms with Crippen LogP contribution in [0.15, 0.2) is 12.2 Å². The maximum atomic E-state index is 13.9. The molecule has 6 nitrogen and oxygen atoms in total. The van der Waals surface area contributed by atoms with E-state index in [0.29, 0.717) is 19.3 Å². The molecule has 0 atom stereocenters. The molecule has 0 aromatic carbocycles. The van der Waals surface area contributed by atoms with Crippen LogP contribution in [0.5, 0.6) is 0 Å². The Bertz CT molecular complexity index is 1110. The summed E-state index contributed by atoms with van der Waals surface area (Å²) < 4.78 is 19.3. The molecule has 0 spiro atoms. The van der Waals surface area contributed by atoms with Gasteiger partial charge in [-0.3, -0.25) is 14.4 Å². The first-order valence-corrected chi connectivity index (χ1v) is 17.1. The van der Waals surface area contributed by atoms with Crippen molar-refractivity contribution in [1.82, 2.24) is 0 Å². The lowest BCUT2D eigenvalue weighted by atomic mass is 9.70. The Morgan fingerprint density at radius 3 is 1.20 bits per heavy atom. The standard InChI is InChI=1S/C40H74O6/c1-31(2,3)29(42)34(9,10)26-38(17,18)45-39(19,20)28(41)23-24-33(7,8)25-36(13,14)46-40(21,22)30(43)35(11,12)27-37(15,16)44-32(4,5)6/h23-24H,25-27H2,1-22H3. The fourth-order valence-corrected chi connectivity index (χ4v) is 8.19. The molecule has 46 heavy (non-hydrogen) atoms. The highest BCUT2D eigenvalue weighted by Crippen LogP contribution is 2.41. The molecule has 0 aromatic rings. The van der Waals surface area contributed by atoms with Gasteiger partial charge in [0.2, 0.25) is 0 Å². The number of carbonyl (C=O) groups excluding carboxylic acids is 3. The normalized spacial score (nSPS) is 15.4. The van der Waals surface area contributed by atoms with E-state index in [2.05, 4.69) is 13.8 Å². The van der Waals surface area contributed by atoms with Crippen molar-refractivity contribution in [1.29, 1.82) is 0 Å². The lowest BCUT2D eigenvalue weighted by molar-refractivity contribution is -0.179. The van der Waals surface area contributed by atoms with Gasteiger partial charge in [-0.1, -0.05) is 68.4 Å².